The highest BCUT2D eigenvalue weighted by Gasteiger charge is 2.41. The maximum atomic E-state index is 10.2. The molecule has 0 amide bonds. The lowest BCUT2D eigenvalue weighted by Crippen LogP contribution is -2.31. The van der Waals surface area contributed by atoms with Gasteiger partial charge in [-0.1, -0.05) is 6.92 Å². The Morgan fingerprint density at radius 1 is 1.32 bits per heavy atom. The SMILES string of the molecule is CC[C@H]1N[C@@H](c2c[nH]c3c(N)ncnc23)C(O)[C@H]1O. The van der Waals surface area contributed by atoms with Crippen LogP contribution in [0.15, 0.2) is 12.5 Å². The van der Waals surface area contributed by atoms with Gasteiger partial charge in [0.2, 0.25) is 0 Å². The van der Waals surface area contributed by atoms with Crippen LogP contribution in [0.2, 0.25) is 0 Å². The fourth-order valence-corrected chi connectivity index (χ4v) is 2.71. The van der Waals surface area contributed by atoms with Gasteiger partial charge in [-0.05, 0) is 6.42 Å². The number of nitrogens with one attached hydrogen (secondary N) is 2. The third-order valence-electron chi connectivity index (χ3n) is 3.79. The topological polar surface area (TPSA) is 120 Å². The first kappa shape index (κ1) is 12.3. The van der Waals surface area contributed by atoms with Gasteiger partial charge in [-0.25, -0.2) is 9.97 Å². The zero-order valence-electron chi connectivity index (χ0n) is 10.5. The van der Waals surface area contributed by atoms with Crippen molar-refractivity contribution in [1.29, 1.82) is 0 Å². The molecule has 0 spiro atoms. The molecule has 3 heterocycles. The summed E-state index contributed by atoms with van der Waals surface area (Å²) in [7, 11) is 0. The van der Waals surface area contributed by atoms with Gasteiger partial charge in [-0.15, -0.1) is 0 Å². The van der Waals surface area contributed by atoms with E-state index in [2.05, 4.69) is 20.3 Å². The van der Waals surface area contributed by atoms with Crippen molar-refractivity contribution in [3.63, 3.8) is 0 Å². The molecular formula is C12H17N5O2. The van der Waals surface area contributed by atoms with E-state index in [-0.39, 0.29) is 12.1 Å². The lowest BCUT2D eigenvalue weighted by Gasteiger charge is -2.14. The third kappa shape index (κ3) is 1.78. The van der Waals surface area contributed by atoms with Crippen molar-refractivity contribution in [3.8, 4) is 0 Å². The Morgan fingerprint density at radius 2 is 2.11 bits per heavy atom. The summed E-state index contributed by atoms with van der Waals surface area (Å²) < 4.78 is 0. The molecule has 2 aromatic heterocycles. The van der Waals surface area contributed by atoms with Crippen LogP contribution in [0.5, 0.6) is 0 Å². The van der Waals surface area contributed by atoms with Crippen molar-refractivity contribution in [1.82, 2.24) is 20.3 Å². The summed E-state index contributed by atoms with van der Waals surface area (Å²) in [6.45, 7) is 1.96. The summed E-state index contributed by atoms with van der Waals surface area (Å²) in [5, 5.41) is 23.4. The number of nitrogen functional groups attached to an aromatic ring is 1. The zero-order valence-corrected chi connectivity index (χ0v) is 10.5. The van der Waals surface area contributed by atoms with Crippen LogP contribution in [-0.2, 0) is 0 Å². The monoisotopic (exact) mass is 263 g/mol. The predicted molar refractivity (Wildman–Crippen MR) is 70.3 cm³/mol. The molecule has 2 aromatic rings. The molecule has 0 saturated carbocycles. The van der Waals surface area contributed by atoms with Crippen molar-refractivity contribution in [3.05, 3.63) is 18.1 Å². The largest absolute Gasteiger partial charge is 0.389 e. The fourth-order valence-electron chi connectivity index (χ4n) is 2.71. The van der Waals surface area contributed by atoms with Gasteiger partial charge >= 0.3 is 0 Å². The molecule has 1 fully saturated rings. The van der Waals surface area contributed by atoms with Crippen LogP contribution >= 0.6 is 0 Å². The van der Waals surface area contributed by atoms with Crippen LogP contribution in [0.3, 0.4) is 0 Å². The van der Waals surface area contributed by atoms with Gasteiger partial charge in [-0.3, -0.25) is 0 Å². The average Bonchev–Trinajstić information content (AvgIpc) is 2.94. The van der Waals surface area contributed by atoms with E-state index in [1.165, 1.54) is 6.33 Å². The van der Waals surface area contributed by atoms with Crippen molar-refractivity contribution >= 4 is 16.9 Å². The number of hydrogen-bond donors (Lipinski definition) is 5. The Balaban J connectivity index is 2.04. The van der Waals surface area contributed by atoms with E-state index in [0.29, 0.717) is 16.9 Å². The Kier molecular flexibility index (Phi) is 2.89. The maximum absolute atomic E-state index is 10.2. The minimum Gasteiger partial charge on any atom is -0.389 e. The zero-order chi connectivity index (χ0) is 13.6. The first-order chi connectivity index (χ1) is 9.13. The van der Waals surface area contributed by atoms with E-state index in [4.69, 9.17) is 5.73 Å². The lowest BCUT2D eigenvalue weighted by molar-refractivity contribution is 0.0276. The van der Waals surface area contributed by atoms with Gasteiger partial charge in [0.15, 0.2) is 5.82 Å². The van der Waals surface area contributed by atoms with Crippen LogP contribution in [0.1, 0.15) is 24.9 Å². The average molecular weight is 263 g/mol. The van der Waals surface area contributed by atoms with E-state index >= 15 is 0 Å². The molecule has 7 heteroatoms. The highest BCUT2D eigenvalue weighted by Crippen LogP contribution is 2.33. The quantitative estimate of drug-likeness (QED) is 0.506. The molecule has 0 aliphatic carbocycles. The Morgan fingerprint density at radius 3 is 2.79 bits per heavy atom. The predicted octanol–water partition coefficient (Wildman–Crippen LogP) is -0.315. The summed E-state index contributed by atoms with van der Waals surface area (Å²) in [4.78, 5) is 11.1. The van der Waals surface area contributed by atoms with Crippen LogP contribution in [-0.4, -0.2) is 43.4 Å². The summed E-state index contributed by atoms with van der Waals surface area (Å²) in [6.07, 6.45) is 2.25. The standard InChI is InChI=1S/C12H17N5O2/c1-2-6-10(18)11(19)8(17-6)5-3-14-9-7(5)15-4-16-12(9)13/h3-4,6,8,10-11,14,17-19H,2H2,1H3,(H2,13,15,16)/t6-,8+,10+,11?/m1/s1. The second kappa shape index (κ2) is 4.44. The molecule has 6 N–H and O–H groups in total. The minimum atomic E-state index is -0.861. The number of hydrogen-bond acceptors (Lipinski definition) is 6. The smallest absolute Gasteiger partial charge is 0.151 e. The number of nitrogens with zero attached hydrogens (tertiary/aromatic N) is 2. The number of aromatic nitrogens is 3. The Bertz CT molecular complexity index is 599. The van der Waals surface area contributed by atoms with Gasteiger partial charge in [0.1, 0.15) is 17.9 Å². The van der Waals surface area contributed by atoms with Gasteiger partial charge in [-0.2, -0.15) is 0 Å². The van der Waals surface area contributed by atoms with E-state index < -0.39 is 12.2 Å². The molecule has 3 rings (SSSR count). The van der Waals surface area contributed by atoms with Crippen LogP contribution in [0.25, 0.3) is 11.0 Å². The highest BCUT2D eigenvalue weighted by atomic mass is 16.3. The minimum absolute atomic E-state index is 0.121. The molecule has 0 aromatic carbocycles. The molecule has 1 saturated heterocycles. The highest BCUT2D eigenvalue weighted by molar-refractivity contribution is 5.87. The maximum Gasteiger partial charge on any atom is 0.151 e. The number of fused-ring (bicyclic) bond motifs is 1. The van der Waals surface area contributed by atoms with Gasteiger partial charge in [0, 0.05) is 17.8 Å². The first-order valence-electron chi connectivity index (χ1n) is 6.33. The summed E-state index contributed by atoms with van der Waals surface area (Å²) in [5.74, 6) is 0.372. The molecule has 0 bridgehead atoms. The fraction of sp³-hybridized carbons (Fsp3) is 0.500. The molecule has 0 radical (unpaired) electrons. The van der Waals surface area contributed by atoms with Gasteiger partial charge in [0.25, 0.3) is 0 Å². The number of nitrogens with two attached hydrogens (primary N) is 1. The van der Waals surface area contributed by atoms with E-state index in [1.807, 2.05) is 6.92 Å². The lowest BCUT2D eigenvalue weighted by atomic mass is 10.0. The molecular weight excluding hydrogens is 246 g/mol. The second-order valence-corrected chi connectivity index (χ2v) is 4.87. The summed E-state index contributed by atoms with van der Waals surface area (Å²) >= 11 is 0. The van der Waals surface area contributed by atoms with E-state index in [9.17, 15) is 10.2 Å². The normalized spacial score (nSPS) is 31.1. The molecule has 7 nitrogen and oxygen atoms in total. The van der Waals surface area contributed by atoms with Crippen LogP contribution in [0.4, 0.5) is 5.82 Å². The van der Waals surface area contributed by atoms with Crippen molar-refractivity contribution in [2.45, 2.75) is 37.6 Å². The number of rotatable bonds is 2. The second-order valence-electron chi connectivity index (χ2n) is 4.87. The molecule has 102 valence electrons. The molecule has 1 unspecified atom stereocenters. The molecule has 4 atom stereocenters. The number of aliphatic hydroxyl groups excluding tert-OH is 2. The van der Waals surface area contributed by atoms with E-state index in [0.717, 1.165) is 12.0 Å². The number of anilines is 1. The number of aromatic amines is 1. The molecule has 1 aliphatic heterocycles. The Labute approximate surface area is 109 Å². The van der Waals surface area contributed by atoms with Crippen LogP contribution in [0, 0.1) is 0 Å². The Hall–Kier alpha value is -1.70. The van der Waals surface area contributed by atoms with Crippen molar-refractivity contribution < 1.29 is 10.2 Å². The number of aliphatic hydroxyl groups is 2. The van der Waals surface area contributed by atoms with Crippen molar-refractivity contribution in [2.75, 3.05) is 5.73 Å². The van der Waals surface area contributed by atoms with Gasteiger partial charge in [0.05, 0.1) is 17.7 Å². The van der Waals surface area contributed by atoms with Crippen LogP contribution < -0.4 is 11.1 Å². The van der Waals surface area contributed by atoms with Crippen molar-refractivity contribution in [2.24, 2.45) is 0 Å². The molecule has 1 aliphatic rings. The summed E-state index contributed by atoms with van der Waals surface area (Å²) in [6, 6.07) is -0.480. The van der Waals surface area contributed by atoms with Gasteiger partial charge < -0.3 is 26.2 Å². The van der Waals surface area contributed by atoms with E-state index in [1.54, 1.807) is 6.20 Å². The number of H-pyrrole nitrogens is 1. The first-order valence-corrected chi connectivity index (χ1v) is 6.33. The third-order valence-corrected chi connectivity index (χ3v) is 3.79. The molecule has 19 heavy (non-hydrogen) atoms. The summed E-state index contributed by atoms with van der Waals surface area (Å²) in [5.41, 5.74) is 7.89.